The molecule has 0 saturated carbocycles. The summed E-state index contributed by atoms with van der Waals surface area (Å²) in [5.41, 5.74) is 3.25. The van der Waals surface area contributed by atoms with Crippen molar-refractivity contribution in [3.05, 3.63) is 51.9 Å². The quantitative estimate of drug-likeness (QED) is 0.714. The van der Waals surface area contributed by atoms with Crippen LogP contribution in [0.15, 0.2) is 39.6 Å². The molecule has 1 aromatic carbocycles. The van der Waals surface area contributed by atoms with Gasteiger partial charge in [0.05, 0.1) is 18.2 Å². The Morgan fingerprint density at radius 1 is 1.32 bits per heavy atom. The Kier molecular flexibility index (Phi) is 3.14. The molecule has 2 aromatic rings. The van der Waals surface area contributed by atoms with Crippen molar-refractivity contribution in [3.8, 4) is 5.75 Å². The highest BCUT2D eigenvalue weighted by Crippen LogP contribution is 2.42. The van der Waals surface area contributed by atoms with Gasteiger partial charge in [0, 0.05) is 16.5 Å². The van der Waals surface area contributed by atoms with Crippen LogP contribution in [0.25, 0.3) is 0 Å². The number of rotatable bonds is 2. The highest BCUT2D eigenvalue weighted by molar-refractivity contribution is 9.10. The van der Waals surface area contributed by atoms with Gasteiger partial charge in [-0.3, -0.25) is 0 Å². The van der Waals surface area contributed by atoms with E-state index >= 15 is 0 Å². The van der Waals surface area contributed by atoms with Crippen LogP contribution in [0.4, 0.5) is 0 Å². The molecule has 1 unspecified atom stereocenters. The Balaban J connectivity index is 2.02. The van der Waals surface area contributed by atoms with Crippen LogP contribution >= 0.6 is 27.5 Å². The molecule has 0 spiro atoms. The van der Waals surface area contributed by atoms with E-state index in [2.05, 4.69) is 35.8 Å². The number of benzene rings is 1. The van der Waals surface area contributed by atoms with Crippen LogP contribution in [0.3, 0.4) is 0 Å². The molecule has 19 heavy (non-hydrogen) atoms. The van der Waals surface area contributed by atoms with E-state index in [-0.39, 0.29) is 10.8 Å². The van der Waals surface area contributed by atoms with Gasteiger partial charge in [0.1, 0.15) is 5.75 Å². The van der Waals surface area contributed by atoms with Crippen molar-refractivity contribution >= 4 is 27.5 Å². The van der Waals surface area contributed by atoms with Gasteiger partial charge in [0.15, 0.2) is 4.67 Å². The summed E-state index contributed by atoms with van der Waals surface area (Å²) in [6.07, 6.45) is 1.63. The molecule has 1 aliphatic rings. The summed E-state index contributed by atoms with van der Waals surface area (Å²) in [4.78, 5) is 0. The maximum absolute atomic E-state index is 6.54. The molecular weight excluding hydrogens is 328 g/mol. The van der Waals surface area contributed by atoms with Crippen molar-refractivity contribution in [1.82, 2.24) is 0 Å². The summed E-state index contributed by atoms with van der Waals surface area (Å²) in [5.74, 6) is 0.962. The Morgan fingerprint density at radius 3 is 2.79 bits per heavy atom. The van der Waals surface area contributed by atoms with E-state index in [1.165, 1.54) is 5.56 Å². The van der Waals surface area contributed by atoms with Crippen molar-refractivity contribution in [2.24, 2.45) is 0 Å². The molecule has 1 aromatic heterocycles. The van der Waals surface area contributed by atoms with Gasteiger partial charge in [0.2, 0.25) is 0 Å². The third-order valence-electron chi connectivity index (χ3n) is 3.53. The summed E-state index contributed by atoms with van der Waals surface area (Å²) in [6, 6.07) is 8.04. The van der Waals surface area contributed by atoms with Gasteiger partial charge in [-0.05, 0) is 39.7 Å². The van der Waals surface area contributed by atoms with E-state index in [4.69, 9.17) is 20.8 Å². The molecule has 0 aliphatic carbocycles. The maximum Gasteiger partial charge on any atom is 0.173 e. The van der Waals surface area contributed by atoms with Crippen LogP contribution in [0.1, 0.15) is 35.9 Å². The second-order valence-corrected chi connectivity index (χ2v) is 6.60. The fourth-order valence-electron chi connectivity index (χ4n) is 2.36. The van der Waals surface area contributed by atoms with Crippen molar-refractivity contribution in [2.75, 3.05) is 6.61 Å². The molecule has 3 rings (SSSR count). The SMILES string of the molecule is CC1(C)COc2ccc(C(Cl)c3ccoc3Br)cc21. The smallest absolute Gasteiger partial charge is 0.173 e. The highest BCUT2D eigenvalue weighted by atomic mass is 79.9. The van der Waals surface area contributed by atoms with Gasteiger partial charge in [-0.25, -0.2) is 0 Å². The van der Waals surface area contributed by atoms with Gasteiger partial charge in [0.25, 0.3) is 0 Å². The number of alkyl halides is 1. The largest absolute Gasteiger partial charge is 0.492 e. The molecular formula is C15H14BrClO2. The van der Waals surface area contributed by atoms with Crippen LogP contribution in [-0.2, 0) is 5.41 Å². The zero-order chi connectivity index (χ0) is 13.6. The number of ether oxygens (including phenoxy) is 1. The summed E-state index contributed by atoms with van der Waals surface area (Å²) >= 11 is 9.92. The maximum atomic E-state index is 6.54. The molecule has 2 heterocycles. The van der Waals surface area contributed by atoms with Crippen molar-refractivity contribution in [1.29, 1.82) is 0 Å². The van der Waals surface area contributed by atoms with Gasteiger partial charge in [-0.15, -0.1) is 11.6 Å². The van der Waals surface area contributed by atoms with Gasteiger partial charge in [-0.2, -0.15) is 0 Å². The normalized spacial score (nSPS) is 17.9. The van der Waals surface area contributed by atoms with E-state index < -0.39 is 0 Å². The lowest BCUT2D eigenvalue weighted by atomic mass is 9.85. The summed E-state index contributed by atoms with van der Waals surface area (Å²) in [6.45, 7) is 5.08. The molecule has 0 amide bonds. The molecule has 0 bridgehead atoms. The van der Waals surface area contributed by atoms with E-state index in [0.717, 1.165) is 16.9 Å². The third kappa shape index (κ3) is 2.19. The minimum absolute atomic E-state index is 0.0373. The van der Waals surface area contributed by atoms with Gasteiger partial charge >= 0.3 is 0 Å². The fourth-order valence-corrected chi connectivity index (χ4v) is 3.27. The first-order valence-electron chi connectivity index (χ1n) is 6.13. The van der Waals surface area contributed by atoms with E-state index in [9.17, 15) is 0 Å². The number of hydrogen-bond donors (Lipinski definition) is 0. The highest BCUT2D eigenvalue weighted by Gasteiger charge is 2.32. The molecule has 0 radical (unpaired) electrons. The average molecular weight is 342 g/mol. The molecule has 1 atom stereocenters. The summed E-state index contributed by atoms with van der Waals surface area (Å²) in [7, 11) is 0. The Hall–Kier alpha value is -0.930. The first kappa shape index (κ1) is 13.1. The lowest BCUT2D eigenvalue weighted by Crippen LogP contribution is -2.18. The van der Waals surface area contributed by atoms with Crippen molar-refractivity contribution in [3.63, 3.8) is 0 Å². The van der Waals surface area contributed by atoms with E-state index in [1.807, 2.05) is 18.2 Å². The Bertz CT molecular complexity index is 618. The zero-order valence-corrected chi connectivity index (χ0v) is 13.1. The fraction of sp³-hybridized carbons (Fsp3) is 0.333. The van der Waals surface area contributed by atoms with E-state index in [1.54, 1.807) is 6.26 Å². The number of hydrogen-bond acceptors (Lipinski definition) is 2. The predicted octanol–water partition coefficient (Wildman–Crippen LogP) is 5.04. The minimum Gasteiger partial charge on any atom is -0.492 e. The molecule has 100 valence electrons. The molecule has 2 nitrogen and oxygen atoms in total. The Labute approximate surface area is 125 Å². The minimum atomic E-state index is -0.227. The van der Waals surface area contributed by atoms with Crippen LogP contribution in [0.5, 0.6) is 5.75 Å². The molecule has 0 N–H and O–H groups in total. The second-order valence-electron chi connectivity index (χ2n) is 5.44. The monoisotopic (exact) mass is 340 g/mol. The van der Waals surface area contributed by atoms with Crippen molar-refractivity contribution in [2.45, 2.75) is 24.6 Å². The lowest BCUT2D eigenvalue weighted by molar-refractivity contribution is 0.291. The molecule has 0 fully saturated rings. The number of furan rings is 1. The van der Waals surface area contributed by atoms with Crippen LogP contribution in [-0.4, -0.2) is 6.61 Å². The van der Waals surface area contributed by atoms with E-state index in [0.29, 0.717) is 11.3 Å². The zero-order valence-electron chi connectivity index (χ0n) is 10.7. The standard InChI is InChI=1S/C15H14BrClO2/c1-15(2)8-19-12-4-3-9(7-11(12)15)13(17)10-5-6-18-14(10)16/h3-7,13H,8H2,1-2H3. The Morgan fingerprint density at radius 2 is 2.11 bits per heavy atom. The molecule has 0 saturated heterocycles. The van der Waals surface area contributed by atoms with Crippen LogP contribution in [0.2, 0.25) is 0 Å². The predicted molar refractivity (Wildman–Crippen MR) is 79.1 cm³/mol. The molecule has 4 heteroatoms. The third-order valence-corrected chi connectivity index (χ3v) is 4.66. The van der Waals surface area contributed by atoms with Crippen LogP contribution < -0.4 is 4.74 Å². The number of fused-ring (bicyclic) bond motifs is 1. The van der Waals surface area contributed by atoms with Crippen LogP contribution in [0, 0.1) is 0 Å². The first-order chi connectivity index (χ1) is 8.99. The average Bonchev–Trinajstić information content (AvgIpc) is 2.93. The summed E-state index contributed by atoms with van der Waals surface area (Å²) in [5, 5.41) is -0.227. The van der Waals surface area contributed by atoms with Gasteiger partial charge in [-0.1, -0.05) is 19.9 Å². The lowest BCUT2D eigenvalue weighted by Gasteiger charge is -2.17. The number of halogens is 2. The second kappa shape index (κ2) is 4.57. The topological polar surface area (TPSA) is 22.4 Å². The van der Waals surface area contributed by atoms with Crippen molar-refractivity contribution < 1.29 is 9.15 Å². The first-order valence-corrected chi connectivity index (χ1v) is 7.36. The molecule has 1 aliphatic heterocycles. The summed E-state index contributed by atoms with van der Waals surface area (Å²) < 4.78 is 11.6. The van der Waals surface area contributed by atoms with Gasteiger partial charge < -0.3 is 9.15 Å².